The molecular weight excluding hydrogens is 172 g/mol. The van der Waals surface area contributed by atoms with E-state index < -0.39 is 0 Å². The highest BCUT2D eigenvalue weighted by molar-refractivity contribution is 5.52. The van der Waals surface area contributed by atoms with Crippen molar-refractivity contribution in [1.29, 1.82) is 0 Å². The van der Waals surface area contributed by atoms with Crippen LogP contribution in [0.2, 0.25) is 0 Å². The van der Waals surface area contributed by atoms with E-state index in [1.54, 1.807) is 0 Å². The minimum atomic E-state index is 0.483. The molecule has 0 bridgehead atoms. The van der Waals surface area contributed by atoms with Gasteiger partial charge in [-0.2, -0.15) is 0 Å². The summed E-state index contributed by atoms with van der Waals surface area (Å²) in [6.07, 6.45) is 4.34. The summed E-state index contributed by atoms with van der Waals surface area (Å²) in [5.41, 5.74) is 2.58. The Labute approximate surface area is 85.2 Å². The monoisotopic (exact) mass is 188 g/mol. The zero-order valence-corrected chi connectivity index (χ0v) is 8.70. The van der Waals surface area contributed by atoms with E-state index >= 15 is 0 Å². The van der Waals surface area contributed by atoms with Crippen LogP contribution in [0, 0.1) is 6.92 Å². The molecule has 1 atom stereocenters. The minimum Gasteiger partial charge on any atom is -0.346 e. The van der Waals surface area contributed by atoms with Crippen LogP contribution in [0.3, 0.4) is 0 Å². The summed E-state index contributed by atoms with van der Waals surface area (Å²) in [6, 6.07) is 9.11. The van der Waals surface area contributed by atoms with Crippen LogP contribution in [0.5, 0.6) is 0 Å². The van der Waals surface area contributed by atoms with Gasteiger partial charge in [0.15, 0.2) is 0 Å². The maximum Gasteiger partial charge on any atom is 0.0446 e. The summed E-state index contributed by atoms with van der Waals surface area (Å²) < 4.78 is 0. The Kier molecular flexibility index (Phi) is 2.55. The minimum absolute atomic E-state index is 0.483. The lowest BCUT2D eigenvalue weighted by atomic mass is 10.2. The molecule has 1 heterocycles. The van der Waals surface area contributed by atoms with Crippen molar-refractivity contribution >= 4 is 5.69 Å². The van der Waals surface area contributed by atoms with Gasteiger partial charge >= 0.3 is 0 Å². The quantitative estimate of drug-likeness (QED) is 0.762. The summed E-state index contributed by atoms with van der Waals surface area (Å²) in [4.78, 5) is 2.26. The normalized spacial score (nSPS) is 20.4. The van der Waals surface area contributed by atoms with Crippen LogP contribution < -0.4 is 10.2 Å². The number of hydrogen-bond acceptors (Lipinski definition) is 2. The molecule has 1 aliphatic heterocycles. The van der Waals surface area contributed by atoms with Crippen molar-refractivity contribution in [2.45, 2.75) is 13.0 Å². The van der Waals surface area contributed by atoms with Crippen molar-refractivity contribution in [3.8, 4) is 0 Å². The molecule has 0 radical (unpaired) electrons. The summed E-state index contributed by atoms with van der Waals surface area (Å²) in [6.45, 7) is 3.14. The highest BCUT2D eigenvalue weighted by atomic mass is 15.2. The first-order valence-electron chi connectivity index (χ1n) is 4.98. The number of nitrogens with one attached hydrogen (secondary N) is 1. The van der Waals surface area contributed by atoms with Crippen LogP contribution in [0.1, 0.15) is 5.56 Å². The highest BCUT2D eigenvalue weighted by Gasteiger charge is 2.14. The smallest absolute Gasteiger partial charge is 0.0446 e. The molecule has 1 aliphatic rings. The van der Waals surface area contributed by atoms with E-state index in [4.69, 9.17) is 0 Å². The summed E-state index contributed by atoms with van der Waals surface area (Å²) in [7, 11) is 1.99. The molecule has 0 fully saturated rings. The van der Waals surface area contributed by atoms with Crippen molar-refractivity contribution in [1.82, 2.24) is 5.32 Å². The molecule has 0 aromatic heterocycles. The standard InChI is InChI=1S/C12H16N2/c1-10-3-5-12(6-4-10)14-8-7-11(9-14)13-2/h3-8,11,13H,9H2,1-2H3. The fourth-order valence-corrected chi connectivity index (χ4v) is 1.66. The molecule has 14 heavy (non-hydrogen) atoms. The fourth-order valence-electron chi connectivity index (χ4n) is 1.66. The van der Waals surface area contributed by atoms with E-state index in [1.807, 2.05) is 7.05 Å². The summed E-state index contributed by atoms with van der Waals surface area (Å²) in [5.74, 6) is 0. The van der Waals surface area contributed by atoms with Crippen LogP contribution in [-0.2, 0) is 0 Å². The molecule has 0 saturated heterocycles. The third-order valence-corrected chi connectivity index (χ3v) is 2.63. The van der Waals surface area contributed by atoms with E-state index in [1.165, 1.54) is 11.3 Å². The Hall–Kier alpha value is -1.28. The van der Waals surface area contributed by atoms with Crippen LogP contribution in [0.15, 0.2) is 36.5 Å². The van der Waals surface area contributed by atoms with E-state index in [9.17, 15) is 0 Å². The van der Waals surface area contributed by atoms with Gasteiger partial charge in [-0.25, -0.2) is 0 Å². The number of anilines is 1. The number of likely N-dealkylation sites (N-methyl/N-ethyl adjacent to an activating group) is 1. The van der Waals surface area contributed by atoms with Crippen molar-refractivity contribution in [2.24, 2.45) is 0 Å². The lowest BCUT2D eigenvalue weighted by Gasteiger charge is -2.17. The molecule has 2 nitrogen and oxygen atoms in total. The van der Waals surface area contributed by atoms with Gasteiger partial charge in [-0.1, -0.05) is 17.7 Å². The van der Waals surface area contributed by atoms with E-state index in [0.717, 1.165) is 6.54 Å². The van der Waals surface area contributed by atoms with Crippen LogP contribution in [0.4, 0.5) is 5.69 Å². The molecule has 0 amide bonds. The van der Waals surface area contributed by atoms with Gasteiger partial charge in [-0.3, -0.25) is 0 Å². The molecule has 2 rings (SSSR count). The number of nitrogens with zero attached hydrogens (tertiary/aromatic N) is 1. The first-order valence-corrected chi connectivity index (χ1v) is 4.98. The topological polar surface area (TPSA) is 15.3 Å². The van der Waals surface area contributed by atoms with Crippen LogP contribution >= 0.6 is 0 Å². The lowest BCUT2D eigenvalue weighted by molar-refractivity contribution is 0.694. The second-order valence-electron chi connectivity index (χ2n) is 3.72. The first kappa shape index (κ1) is 9.28. The first-order chi connectivity index (χ1) is 6.79. The summed E-state index contributed by atoms with van der Waals surface area (Å²) in [5, 5.41) is 3.25. The average molecular weight is 188 g/mol. The average Bonchev–Trinajstić information content (AvgIpc) is 2.67. The number of rotatable bonds is 2. The van der Waals surface area contributed by atoms with Gasteiger partial charge in [0, 0.05) is 24.5 Å². The molecule has 1 N–H and O–H groups in total. The predicted octanol–water partition coefficient (Wildman–Crippen LogP) is 1.92. The molecule has 1 aromatic rings. The molecule has 1 unspecified atom stereocenters. The van der Waals surface area contributed by atoms with Crippen molar-refractivity contribution in [2.75, 3.05) is 18.5 Å². The molecular formula is C12H16N2. The van der Waals surface area contributed by atoms with Gasteiger partial charge in [0.2, 0.25) is 0 Å². The molecule has 0 saturated carbocycles. The predicted molar refractivity (Wildman–Crippen MR) is 60.5 cm³/mol. The van der Waals surface area contributed by atoms with E-state index in [-0.39, 0.29) is 0 Å². The van der Waals surface area contributed by atoms with E-state index in [0.29, 0.717) is 6.04 Å². The van der Waals surface area contributed by atoms with Gasteiger partial charge < -0.3 is 10.2 Å². The molecule has 74 valence electrons. The lowest BCUT2D eigenvalue weighted by Crippen LogP contribution is -2.30. The van der Waals surface area contributed by atoms with Gasteiger partial charge in [0.1, 0.15) is 0 Å². The van der Waals surface area contributed by atoms with Crippen LogP contribution in [0.25, 0.3) is 0 Å². The fraction of sp³-hybridized carbons (Fsp3) is 0.333. The zero-order chi connectivity index (χ0) is 9.97. The number of benzene rings is 1. The summed E-state index contributed by atoms with van der Waals surface area (Å²) >= 11 is 0. The second kappa shape index (κ2) is 3.84. The van der Waals surface area contributed by atoms with Gasteiger partial charge in [-0.05, 0) is 32.2 Å². The van der Waals surface area contributed by atoms with Gasteiger partial charge in [-0.15, -0.1) is 0 Å². The third-order valence-electron chi connectivity index (χ3n) is 2.63. The number of hydrogen-bond donors (Lipinski definition) is 1. The van der Waals surface area contributed by atoms with Crippen molar-refractivity contribution < 1.29 is 0 Å². The van der Waals surface area contributed by atoms with Crippen molar-refractivity contribution in [3.63, 3.8) is 0 Å². The molecule has 2 heteroatoms. The van der Waals surface area contributed by atoms with E-state index in [2.05, 4.69) is 53.7 Å². The SMILES string of the molecule is CNC1C=CN(c2ccc(C)cc2)C1. The zero-order valence-electron chi connectivity index (χ0n) is 8.70. The second-order valence-corrected chi connectivity index (χ2v) is 3.72. The Morgan fingerprint density at radius 1 is 1.29 bits per heavy atom. The third kappa shape index (κ3) is 1.80. The van der Waals surface area contributed by atoms with Crippen LogP contribution in [-0.4, -0.2) is 19.6 Å². The molecule has 1 aromatic carbocycles. The Bertz CT molecular complexity index is 327. The maximum atomic E-state index is 3.25. The van der Waals surface area contributed by atoms with Gasteiger partial charge in [0.25, 0.3) is 0 Å². The van der Waals surface area contributed by atoms with Crippen molar-refractivity contribution in [3.05, 3.63) is 42.1 Å². The maximum absolute atomic E-state index is 3.25. The Morgan fingerprint density at radius 2 is 2.00 bits per heavy atom. The molecule has 0 spiro atoms. The molecule has 0 aliphatic carbocycles. The Balaban J connectivity index is 2.11. The van der Waals surface area contributed by atoms with Gasteiger partial charge in [0.05, 0.1) is 0 Å². The number of aryl methyl sites for hydroxylation is 1. The Morgan fingerprint density at radius 3 is 2.57 bits per heavy atom. The highest BCUT2D eigenvalue weighted by Crippen LogP contribution is 2.19. The largest absolute Gasteiger partial charge is 0.346 e.